The fourth-order valence-electron chi connectivity index (χ4n) is 6.79. The molecule has 8 rings (SSSR count). The number of hydrogen-bond acceptors (Lipinski definition) is 16. The Bertz CT molecular complexity index is 2030. The van der Waals surface area contributed by atoms with E-state index in [4.69, 9.17) is 44.1 Å². The van der Waals surface area contributed by atoms with E-state index in [1.54, 1.807) is 80.0 Å². The molecule has 0 saturated heterocycles. The minimum Gasteiger partial charge on any atom is -0.441 e. The molecule has 7 aromatic rings. The highest BCUT2D eigenvalue weighted by molar-refractivity contribution is 8.71. The summed E-state index contributed by atoms with van der Waals surface area (Å²) in [5.74, 6) is 0.326. The van der Waals surface area contributed by atoms with Crippen LogP contribution in [0.5, 0.6) is 0 Å². The van der Waals surface area contributed by atoms with Crippen LogP contribution in [0.1, 0.15) is 23.4 Å². The van der Waals surface area contributed by atoms with Gasteiger partial charge in [-0.05, 0) is 44.7 Å². The molecule has 1 aliphatic heterocycles. The first-order valence-corrected chi connectivity index (χ1v) is 16.7. The minimum atomic E-state index is -5.66. The SMILES string of the molecule is CC1(c2ncccn2)NC(c2nccs2)=C(c2ccon2)S1(c1cnccn1)(c1cccnn1)(c1ccnnn1)c1ncco1. The van der Waals surface area contributed by atoms with Crippen LogP contribution < -0.4 is 5.32 Å². The molecule has 1 aliphatic rings. The van der Waals surface area contributed by atoms with Gasteiger partial charge in [0.2, 0.25) is 5.22 Å². The smallest absolute Gasteiger partial charge is 0.245 e. The van der Waals surface area contributed by atoms with Crippen molar-refractivity contribution in [3.05, 3.63) is 121 Å². The molecule has 0 fully saturated rings. The van der Waals surface area contributed by atoms with E-state index in [0.29, 0.717) is 42.2 Å². The minimum absolute atomic E-state index is 0.156. The third kappa shape index (κ3) is 2.74. The highest BCUT2D eigenvalue weighted by atomic mass is 32.4. The summed E-state index contributed by atoms with van der Waals surface area (Å²) in [6.07, 6.45) is 17.5. The molecule has 8 heterocycles. The molecule has 1 atom stereocenters. The van der Waals surface area contributed by atoms with Gasteiger partial charge in [0.25, 0.3) is 0 Å². The lowest BCUT2D eigenvalue weighted by molar-refractivity contribution is 0.417. The van der Waals surface area contributed by atoms with Gasteiger partial charge in [-0.1, -0.05) is 5.16 Å². The number of nitrogens with zero attached hydrogens (tertiary/aromatic N) is 12. The molecule has 222 valence electrons. The van der Waals surface area contributed by atoms with Crippen molar-refractivity contribution in [2.24, 2.45) is 0 Å². The summed E-state index contributed by atoms with van der Waals surface area (Å²) in [5.41, 5.74) is 0.936. The van der Waals surface area contributed by atoms with Crippen LogP contribution in [0.25, 0.3) is 10.6 Å². The van der Waals surface area contributed by atoms with Gasteiger partial charge in [-0.3, -0.25) is 4.98 Å². The van der Waals surface area contributed by atoms with Gasteiger partial charge in [-0.2, -0.15) is 5.10 Å². The first-order valence-electron chi connectivity index (χ1n) is 13.4. The van der Waals surface area contributed by atoms with Crippen molar-refractivity contribution in [3.8, 4) is 0 Å². The van der Waals surface area contributed by atoms with E-state index < -0.39 is 13.2 Å². The van der Waals surface area contributed by atoms with Gasteiger partial charge in [0.05, 0.1) is 29.2 Å². The summed E-state index contributed by atoms with van der Waals surface area (Å²) < 4.78 is 12.2. The Labute approximate surface area is 257 Å². The molecule has 15 nitrogen and oxygen atoms in total. The van der Waals surface area contributed by atoms with Crippen molar-refractivity contribution in [1.29, 1.82) is 0 Å². The Balaban J connectivity index is 1.86. The number of oxazole rings is 1. The van der Waals surface area contributed by atoms with Gasteiger partial charge in [-0.25, -0.2) is 24.9 Å². The van der Waals surface area contributed by atoms with Crippen LogP contribution in [0, 0.1) is 0 Å². The largest absolute Gasteiger partial charge is 0.441 e. The van der Waals surface area contributed by atoms with E-state index in [2.05, 4.69) is 30.9 Å². The van der Waals surface area contributed by atoms with Gasteiger partial charge < -0.3 is 14.3 Å². The molecule has 0 radical (unpaired) electrons. The summed E-state index contributed by atoms with van der Waals surface area (Å²) in [6, 6.07) is 8.83. The van der Waals surface area contributed by atoms with Gasteiger partial charge >= 0.3 is 0 Å². The van der Waals surface area contributed by atoms with Gasteiger partial charge in [0, 0.05) is 48.6 Å². The monoisotopic (exact) mass is 635 g/mol. The summed E-state index contributed by atoms with van der Waals surface area (Å²) in [7, 11) is -5.66. The average molecular weight is 636 g/mol. The maximum Gasteiger partial charge on any atom is 0.245 e. The van der Waals surface area contributed by atoms with Crippen molar-refractivity contribution in [2.75, 3.05) is 0 Å². The molecule has 0 aromatic carbocycles. The van der Waals surface area contributed by atoms with Crippen LogP contribution in [-0.2, 0) is 4.87 Å². The molecule has 45 heavy (non-hydrogen) atoms. The lowest BCUT2D eigenvalue weighted by Gasteiger charge is -2.76. The Morgan fingerprint density at radius 2 is 1.69 bits per heavy atom. The van der Waals surface area contributed by atoms with Crippen molar-refractivity contribution in [1.82, 2.24) is 66.0 Å². The summed E-state index contributed by atoms with van der Waals surface area (Å²) in [5, 5.41) is 34.5. The van der Waals surface area contributed by atoms with Crippen LogP contribution in [0.3, 0.4) is 0 Å². The second-order valence-corrected chi connectivity index (χ2v) is 16.8. The average Bonchev–Trinajstić information content (AvgIpc) is 3.95. The summed E-state index contributed by atoms with van der Waals surface area (Å²) in [6.45, 7) is 1.94. The van der Waals surface area contributed by atoms with Crippen LogP contribution >= 0.6 is 19.6 Å². The molecule has 17 heteroatoms. The Morgan fingerprint density at radius 3 is 2.36 bits per heavy atom. The second-order valence-electron chi connectivity index (χ2n) is 10.1. The fraction of sp³-hybridized carbons (Fsp3) is 0.0714. The number of thiazole rings is 1. The van der Waals surface area contributed by atoms with Crippen molar-refractivity contribution >= 4 is 30.2 Å². The zero-order valence-electron chi connectivity index (χ0n) is 23.3. The van der Waals surface area contributed by atoms with Gasteiger partial charge in [0.15, 0.2) is 5.82 Å². The summed E-state index contributed by atoms with van der Waals surface area (Å²) in [4.78, 5) is 28.2. The zero-order valence-corrected chi connectivity index (χ0v) is 24.9. The second kappa shape index (κ2) is 9.34. The van der Waals surface area contributed by atoms with E-state index in [0.717, 1.165) is 0 Å². The van der Waals surface area contributed by atoms with E-state index in [9.17, 15) is 0 Å². The number of rotatable bonds is 7. The van der Waals surface area contributed by atoms with Crippen LogP contribution in [-0.4, -0.2) is 60.7 Å². The first kappa shape index (κ1) is 26.8. The molecule has 1 unspecified atom stereocenters. The molecule has 0 bridgehead atoms. The Morgan fingerprint density at radius 1 is 0.778 bits per heavy atom. The standard InChI is InChI=1S/C28H21N13O2S2/c1-28(26-32-7-3-8-33-26)37-23(25-31-14-17-44-25)24(19-6-15-43-40-19)45(28,27-34-13-16-42-27,20-4-2-9-35-38-20,21-5-10-36-41-39-21)22-18-29-11-12-30-22/h2-18,37H,1H3. The van der Waals surface area contributed by atoms with Crippen LogP contribution in [0.2, 0.25) is 0 Å². The zero-order chi connectivity index (χ0) is 30.4. The fourth-order valence-corrected chi connectivity index (χ4v) is 16.3. The molecule has 1 N–H and O–H groups in total. The molecule has 0 amide bonds. The van der Waals surface area contributed by atoms with Gasteiger partial charge in [0.1, 0.15) is 43.2 Å². The maximum atomic E-state index is 6.61. The number of nitrogens with one attached hydrogen (secondary N) is 1. The third-order valence-corrected chi connectivity index (χ3v) is 17.8. The topological polar surface area (TPSA) is 193 Å². The summed E-state index contributed by atoms with van der Waals surface area (Å²) >= 11 is 1.41. The quantitative estimate of drug-likeness (QED) is 0.263. The highest BCUT2D eigenvalue weighted by Crippen LogP contribution is 3.17. The van der Waals surface area contributed by atoms with Crippen molar-refractivity contribution < 1.29 is 8.94 Å². The molecule has 0 aliphatic carbocycles. The van der Waals surface area contributed by atoms with Crippen LogP contribution in [0.15, 0.2) is 133 Å². The van der Waals surface area contributed by atoms with Crippen molar-refractivity contribution in [3.63, 3.8) is 0 Å². The predicted octanol–water partition coefficient (Wildman–Crippen LogP) is 4.09. The van der Waals surface area contributed by atoms with E-state index in [1.165, 1.54) is 23.9 Å². The Hall–Kier alpha value is -5.81. The van der Waals surface area contributed by atoms with Crippen molar-refractivity contribution in [2.45, 2.75) is 32.1 Å². The molecule has 0 spiro atoms. The van der Waals surface area contributed by atoms with E-state index in [1.807, 2.05) is 18.4 Å². The van der Waals surface area contributed by atoms with E-state index >= 15 is 0 Å². The lowest BCUT2D eigenvalue weighted by Crippen LogP contribution is -2.58. The molecular weight excluding hydrogens is 615 g/mol. The van der Waals surface area contributed by atoms with Gasteiger partial charge in [-0.15, -0.1) is 26.6 Å². The molecule has 0 saturated carbocycles. The van der Waals surface area contributed by atoms with Crippen LogP contribution in [0.4, 0.5) is 0 Å². The third-order valence-electron chi connectivity index (χ3n) is 8.41. The Kier molecular flexibility index (Phi) is 5.56. The number of hydrogen-bond donors (Lipinski definition) is 1. The molecule has 7 aromatic heterocycles. The normalized spacial score (nSPS) is 21.2. The molecular formula is C28H21N13O2S2. The highest BCUT2D eigenvalue weighted by Gasteiger charge is 2.90. The number of aromatic nitrogens is 12. The maximum absolute atomic E-state index is 6.61. The lowest BCUT2D eigenvalue weighted by atomic mass is 10.2. The van der Waals surface area contributed by atoms with E-state index in [-0.39, 0.29) is 5.22 Å². The first-order chi connectivity index (χ1) is 22.1. The predicted molar refractivity (Wildman–Crippen MR) is 159 cm³/mol.